The average molecular weight is 490 g/mol. The molecule has 2 aliphatic rings. The van der Waals surface area contributed by atoms with Gasteiger partial charge in [-0.15, -0.1) is 10.2 Å². The van der Waals surface area contributed by atoms with Crippen molar-refractivity contribution >= 4 is 23.6 Å². The van der Waals surface area contributed by atoms with Crippen molar-refractivity contribution in [2.75, 3.05) is 25.4 Å². The number of amides is 2. The van der Waals surface area contributed by atoms with Gasteiger partial charge < -0.3 is 4.57 Å². The Labute approximate surface area is 210 Å². The molecular formula is C27H31N5O2S. The molecule has 3 aromatic rings. The van der Waals surface area contributed by atoms with E-state index in [-0.39, 0.29) is 11.8 Å². The molecule has 2 amide bonds. The highest BCUT2D eigenvalue weighted by atomic mass is 32.2. The molecule has 3 heterocycles. The molecule has 0 bridgehead atoms. The minimum absolute atomic E-state index is 0.178. The van der Waals surface area contributed by atoms with Gasteiger partial charge in [0.1, 0.15) is 5.82 Å². The second-order valence-electron chi connectivity index (χ2n) is 9.17. The fraction of sp³-hybridized carbons (Fsp3) is 0.407. The summed E-state index contributed by atoms with van der Waals surface area (Å²) < 4.78 is 2.25. The van der Waals surface area contributed by atoms with Gasteiger partial charge in [0.05, 0.1) is 24.2 Å². The molecule has 8 heteroatoms. The number of thioether (sulfide) groups is 1. The standard InChI is InChI=1S/C27H31N5O2S/c33-25-22-13-5-6-14-23(22)26(34)31(25)17-9-10-18-35-27-29-28-24(20-30-15-7-2-8-16-30)32(27)19-21-11-3-1-4-12-21/h1,3-6,11-14H,2,7-10,15-20H2. The highest BCUT2D eigenvalue weighted by molar-refractivity contribution is 7.99. The number of hydrogen-bond acceptors (Lipinski definition) is 6. The Morgan fingerprint density at radius 2 is 1.46 bits per heavy atom. The first kappa shape index (κ1) is 23.8. The normalized spacial score (nSPS) is 16.2. The number of unbranched alkanes of at least 4 members (excludes halogenated alkanes) is 1. The number of hydrogen-bond donors (Lipinski definition) is 0. The van der Waals surface area contributed by atoms with Crippen molar-refractivity contribution in [1.82, 2.24) is 24.6 Å². The minimum atomic E-state index is -0.178. The van der Waals surface area contributed by atoms with Crippen molar-refractivity contribution in [3.05, 3.63) is 77.1 Å². The van der Waals surface area contributed by atoms with Gasteiger partial charge in [0.2, 0.25) is 0 Å². The van der Waals surface area contributed by atoms with Gasteiger partial charge in [-0.3, -0.25) is 19.4 Å². The van der Waals surface area contributed by atoms with Crippen LogP contribution in [0.1, 0.15) is 64.2 Å². The summed E-state index contributed by atoms with van der Waals surface area (Å²) in [5.41, 5.74) is 2.27. The molecule has 1 saturated heterocycles. The molecule has 182 valence electrons. The summed E-state index contributed by atoms with van der Waals surface area (Å²) in [4.78, 5) is 29.0. The summed E-state index contributed by atoms with van der Waals surface area (Å²) in [7, 11) is 0. The predicted molar refractivity (Wildman–Crippen MR) is 136 cm³/mol. The van der Waals surface area contributed by atoms with Crippen LogP contribution in [0, 0.1) is 0 Å². The summed E-state index contributed by atoms with van der Waals surface area (Å²) in [6, 6.07) is 17.5. The fourth-order valence-corrected chi connectivity index (χ4v) is 5.72. The van der Waals surface area contributed by atoms with Crippen LogP contribution in [0.4, 0.5) is 0 Å². The van der Waals surface area contributed by atoms with E-state index in [9.17, 15) is 9.59 Å². The van der Waals surface area contributed by atoms with Crippen LogP contribution < -0.4 is 0 Å². The topological polar surface area (TPSA) is 71.3 Å². The molecular weight excluding hydrogens is 458 g/mol. The number of rotatable bonds is 10. The molecule has 1 fully saturated rings. The maximum atomic E-state index is 12.6. The van der Waals surface area contributed by atoms with Gasteiger partial charge in [-0.25, -0.2) is 0 Å². The lowest BCUT2D eigenvalue weighted by atomic mass is 10.1. The van der Waals surface area contributed by atoms with Crippen LogP contribution in [-0.4, -0.2) is 61.8 Å². The second-order valence-corrected chi connectivity index (χ2v) is 10.2. The number of benzene rings is 2. The number of fused-ring (bicyclic) bond motifs is 1. The van der Waals surface area contributed by atoms with E-state index in [1.54, 1.807) is 36.0 Å². The monoisotopic (exact) mass is 489 g/mol. The summed E-state index contributed by atoms with van der Waals surface area (Å²) in [6.45, 7) is 4.29. The Morgan fingerprint density at radius 3 is 2.17 bits per heavy atom. The van der Waals surface area contributed by atoms with Gasteiger partial charge in [-0.05, 0) is 56.5 Å². The maximum absolute atomic E-state index is 12.6. The van der Waals surface area contributed by atoms with E-state index in [0.717, 1.165) is 55.8 Å². The van der Waals surface area contributed by atoms with Crippen LogP contribution in [0.3, 0.4) is 0 Å². The number of likely N-dealkylation sites (tertiary alicyclic amines) is 1. The molecule has 0 atom stereocenters. The molecule has 0 saturated carbocycles. The quantitative estimate of drug-likeness (QED) is 0.238. The van der Waals surface area contributed by atoms with Gasteiger partial charge >= 0.3 is 0 Å². The van der Waals surface area contributed by atoms with Gasteiger partial charge in [-0.1, -0.05) is 60.6 Å². The van der Waals surface area contributed by atoms with Gasteiger partial charge in [0.15, 0.2) is 5.16 Å². The number of carbonyl (C=O) groups is 2. The first-order chi connectivity index (χ1) is 17.2. The fourth-order valence-electron chi connectivity index (χ4n) is 4.76. The van der Waals surface area contributed by atoms with E-state index in [1.165, 1.54) is 29.7 Å². The first-order valence-corrected chi connectivity index (χ1v) is 13.5. The molecule has 0 spiro atoms. The number of imide groups is 1. The van der Waals surface area contributed by atoms with E-state index in [1.807, 2.05) is 6.07 Å². The van der Waals surface area contributed by atoms with Gasteiger partial charge in [-0.2, -0.15) is 0 Å². The summed E-state index contributed by atoms with van der Waals surface area (Å²) in [5.74, 6) is 1.52. The Kier molecular flexibility index (Phi) is 7.59. The molecule has 2 aliphatic heterocycles. The smallest absolute Gasteiger partial charge is 0.261 e. The van der Waals surface area contributed by atoms with Crippen LogP contribution in [0.15, 0.2) is 59.8 Å². The van der Waals surface area contributed by atoms with E-state index in [0.29, 0.717) is 17.7 Å². The molecule has 0 N–H and O–H groups in total. The van der Waals surface area contributed by atoms with Gasteiger partial charge in [0, 0.05) is 12.3 Å². The highest BCUT2D eigenvalue weighted by Gasteiger charge is 2.34. The zero-order valence-corrected chi connectivity index (χ0v) is 20.8. The molecule has 0 aliphatic carbocycles. The highest BCUT2D eigenvalue weighted by Crippen LogP contribution is 2.24. The van der Waals surface area contributed by atoms with E-state index < -0.39 is 0 Å². The maximum Gasteiger partial charge on any atom is 0.261 e. The summed E-state index contributed by atoms with van der Waals surface area (Å²) in [5, 5.41) is 10.0. The van der Waals surface area contributed by atoms with Crippen LogP contribution in [0.2, 0.25) is 0 Å². The zero-order chi connectivity index (χ0) is 24.0. The Hall–Kier alpha value is -2.97. The predicted octanol–water partition coefficient (Wildman–Crippen LogP) is 4.48. The van der Waals surface area contributed by atoms with Crippen molar-refractivity contribution < 1.29 is 9.59 Å². The van der Waals surface area contributed by atoms with Crippen LogP contribution >= 0.6 is 11.8 Å². The van der Waals surface area contributed by atoms with Crippen LogP contribution in [0.5, 0.6) is 0 Å². The lowest BCUT2D eigenvalue weighted by Gasteiger charge is -2.26. The average Bonchev–Trinajstić information content (AvgIpc) is 3.38. The third-order valence-electron chi connectivity index (χ3n) is 6.68. The van der Waals surface area contributed by atoms with Crippen molar-refractivity contribution in [2.45, 2.75) is 50.4 Å². The number of piperidine rings is 1. The molecule has 2 aromatic carbocycles. The van der Waals surface area contributed by atoms with Crippen LogP contribution in [0.25, 0.3) is 0 Å². The number of carbonyl (C=O) groups excluding carboxylic acids is 2. The van der Waals surface area contributed by atoms with Crippen molar-refractivity contribution in [3.63, 3.8) is 0 Å². The number of aromatic nitrogens is 3. The zero-order valence-electron chi connectivity index (χ0n) is 19.9. The number of nitrogens with zero attached hydrogens (tertiary/aromatic N) is 5. The molecule has 1 aromatic heterocycles. The second kappa shape index (κ2) is 11.2. The van der Waals surface area contributed by atoms with Gasteiger partial charge in [0.25, 0.3) is 11.8 Å². The van der Waals surface area contributed by atoms with Crippen molar-refractivity contribution in [1.29, 1.82) is 0 Å². The Morgan fingerprint density at radius 1 is 0.771 bits per heavy atom. The lowest BCUT2D eigenvalue weighted by Crippen LogP contribution is -2.30. The molecule has 5 rings (SSSR count). The molecule has 0 radical (unpaired) electrons. The van der Waals surface area contributed by atoms with E-state index >= 15 is 0 Å². The SMILES string of the molecule is O=C1c2ccccc2C(=O)N1CCCCSc1nnc(CN2CCCCC2)n1Cc1ccccc1. The molecule has 7 nitrogen and oxygen atoms in total. The first-order valence-electron chi connectivity index (χ1n) is 12.5. The third-order valence-corrected chi connectivity index (χ3v) is 7.73. The summed E-state index contributed by atoms with van der Waals surface area (Å²) in [6.07, 6.45) is 5.47. The Bertz CT molecular complexity index is 1140. The molecule has 35 heavy (non-hydrogen) atoms. The Balaban J connectivity index is 1.18. The minimum Gasteiger partial charge on any atom is -0.300 e. The lowest BCUT2D eigenvalue weighted by molar-refractivity contribution is 0.0652. The van der Waals surface area contributed by atoms with Crippen molar-refractivity contribution in [3.8, 4) is 0 Å². The third kappa shape index (κ3) is 5.49. The van der Waals surface area contributed by atoms with E-state index in [2.05, 4.69) is 43.9 Å². The summed E-state index contributed by atoms with van der Waals surface area (Å²) >= 11 is 1.70. The van der Waals surface area contributed by atoms with Crippen LogP contribution in [-0.2, 0) is 13.1 Å². The van der Waals surface area contributed by atoms with E-state index in [4.69, 9.17) is 0 Å². The largest absolute Gasteiger partial charge is 0.300 e. The van der Waals surface area contributed by atoms with Crippen molar-refractivity contribution in [2.24, 2.45) is 0 Å². The molecule has 0 unspecified atom stereocenters.